The van der Waals surface area contributed by atoms with E-state index in [0.717, 1.165) is 33.6 Å². The van der Waals surface area contributed by atoms with Crippen LogP contribution < -0.4 is 0 Å². The smallest absolute Gasteiger partial charge is 0.138 e. The first-order chi connectivity index (χ1) is 16.3. The summed E-state index contributed by atoms with van der Waals surface area (Å²) in [5.74, 6) is 0.910. The minimum atomic E-state index is 0.910. The molecule has 7 aromatic rings. The monoisotopic (exact) mass is 441 g/mol. The van der Waals surface area contributed by atoms with Crippen LogP contribution in [0.4, 0.5) is 0 Å². The quantitative estimate of drug-likeness (QED) is 0.267. The average Bonchev–Trinajstić information content (AvgIpc) is 3.42. The van der Waals surface area contributed by atoms with Crippen molar-refractivity contribution in [1.82, 2.24) is 4.98 Å². The molecule has 3 heterocycles. The number of benzene rings is 4. The van der Waals surface area contributed by atoms with Crippen molar-refractivity contribution < 1.29 is 4.42 Å². The van der Waals surface area contributed by atoms with E-state index in [1.807, 2.05) is 35.7 Å². The predicted octanol–water partition coefficient (Wildman–Crippen LogP) is 8.99. The van der Waals surface area contributed by atoms with Gasteiger partial charge in [0.1, 0.15) is 11.3 Å². The second-order valence-electron chi connectivity index (χ2n) is 8.43. The Morgan fingerprint density at radius 1 is 0.758 bits per heavy atom. The van der Waals surface area contributed by atoms with Gasteiger partial charge in [-0.15, -0.1) is 11.3 Å². The Hall–Kier alpha value is -3.95. The van der Waals surface area contributed by atoms with Gasteiger partial charge in [0.15, 0.2) is 0 Å². The number of rotatable bonds is 2. The Morgan fingerprint density at radius 2 is 1.52 bits per heavy atom. The molecule has 156 valence electrons. The Labute approximate surface area is 194 Å². The van der Waals surface area contributed by atoms with Gasteiger partial charge in [-0.25, -0.2) is 0 Å². The van der Waals surface area contributed by atoms with Crippen LogP contribution in [0, 0.1) is 6.92 Å². The molecule has 0 atom stereocenters. The minimum Gasteiger partial charge on any atom is -0.456 e. The average molecular weight is 442 g/mol. The van der Waals surface area contributed by atoms with Crippen molar-refractivity contribution in [2.45, 2.75) is 6.92 Å². The fraction of sp³-hybridized carbons (Fsp3) is 0.0333. The molecule has 0 saturated carbocycles. The number of nitrogens with zero attached hydrogens (tertiary/aromatic N) is 1. The van der Waals surface area contributed by atoms with Gasteiger partial charge in [-0.2, -0.15) is 0 Å². The van der Waals surface area contributed by atoms with E-state index >= 15 is 0 Å². The van der Waals surface area contributed by atoms with Crippen LogP contribution in [-0.2, 0) is 0 Å². The number of furan rings is 1. The molecule has 0 aliphatic rings. The summed E-state index contributed by atoms with van der Waals surface area (Å²) in [4.78, 5) is 4.81. The van der Waals surface area contributed by atoms with E-state index in [2.05, 4.69) is 79.7 Å². The van der Waals surface area contributed by atoms with Crippen molar-refractivity contribution in [1.29, 1.82) is 0 Å². The van der Waals surface area contributed by atoms with E-state index < -0.39 is 0 Å². The van der Waals surface area contributed by atoms with E-state index in [9.17, 15) is 0 Å². The molecule has 4 aromatic carbocycles. The van der Waals surface area contributed by atoms with E-state index in [1.165, 1.54) is 36.5 Å². The predicted molar refractivity (Wildman–Crippen MR) is 140 cm³/mol. The van der Waals surface area contributed by atoms with Crippen LogP contribution in [0.25, 0.3) is 64.5 Å². The molecule has 0 fully saturated rings. The van der Waals surface area contributed by atoms with Crippen LogP contribution in [0.2, 0.25) is 0 Å². The van der Waals surface area contributed by atoms with Crippen LogP contribution in [0.1, 0.15) is 5.56 Å². The number of para-hydroxylation sites is 1. The molecule has 0 radical (unpaired) electrons. The summed E-state index contributed by atoms with van der Waals surface area (Å²) in [5.41, 5.74) is 5.26. The minimum absolute atomic E-state index is 0.910. The Bertz CT molecular complexity index is 1840. The second kappa shape index (κ2) is 7.03. The van der Waals surface area contributed by atoms with Gasteiger partial charge in [0.05, 0.1) is 5.69 Å². The summed E-state index contributed by atoms with van der Waals surface area (Å²) in [5, 5.41) is 6.30. The zero-order chi connectivity index (χ0) is 21.9. The number of fused-ring (bicyclic) bond motifs is 6. The maximum absolute atomic E-state index is 6.26. The fourth-order valence-electron chi connectivity index (χ4n) is 4.93. The summed E-state index contributed by atoms with van der Waals surface area (Å²) in [6.45, 7) is 2.13. The topological polar surface area (TPSA) is 26.0 Å². The normalized spacial score (nSPS) is 11.8. The lowest BCUT2D eigenvalue weighted by molar-refractivity contribution is 0.629. The van der Waals surface area contributed by atoms with Gasteiger partial charge in [0.2, 0.25) is 0 Å². The number of aromatic nitrogens is 1. The third kappa shape index (κ3) is 2.76. The SMILES string of the molecule is Cc1c(-c2ccnc(-c3cc4ccccc4c4c3sc3ccccc34)c2)oc2ccccc12. The molecule has 0 bridgehead atoms. The van der Waals surface area contributed by atoms with Crippen LogP contribution in [-0.4, -0.2) is 4.98 Å². The van der Waals surface area contributed by atoms with Crippen molar-refractivity contribution in [3.63, 3.8) is 0 Å². The molecule has 0 aliphatic carbocycles. The number of pyridine rings is 1. The lowest BCUT2D eigenvalue weighted by Gasteiger charge is -2.09. The molecular weight excluding hydrogens is 422 g/mol. The van der Waals surface area contributed by atoms with Gasteiger partial charge in [-0.05, 0) is 48.0 Å². The van der Waals surface area contributed by atoms with Crippen molar-refractivity contribution >= 4 is 53.3 Å². The maximum atomic E-state index is 6.26. The summed E-state index contributed by atoms with van der Waals surface area (Å²) >= 11 is 1.84. The van der Waals surface area contributed by atoms with Crippen LogP contribution >= 0.6 is 11.3 Å². The first-order valence-electron chi connectivity index (χ1n) is 11.1. The molecule has 0 saturated heterocycles. The van der Waals surface area contributed by atoms with Gasteiger partial charge >= 0.3 is 0 Å². The van der Waals surface area contributed by atoms with Gasteiger partial charge in [0, 0.05) is 48.4 Å². The van der Waals surface area contributed by atoms with Gasteiger partial charge < -0.3 is 4.42 Å². The molecule has 3 heteroatoms. The molecule has 3 aromatic heterocycles. The van der Waals surface area contributed by atoms with Crippen molar-refractivity contribution in [3.8, 4) is 22.6 Å². The summed E-state index contributed by atoms with van der Waals surface area (Å²) in [6, 6.07) is 32.0. The van der Waals surface area contributed by atoms with Crippen LogP contribution in [0.3, 0.4) is 0 Å². The van der Waals surface area contributed by atoms with E-state index in [4.69, 9.17) is 9.40 Å². The largest absolute Gasteiger partial charge is 0.456 e. The van der Waals surface area contributed by atoms with E-state index in [-0.39, 0.29) is 0 Å². The molecular formula is C30H19NOS. The van der Waals surface area contributed by atoms with Crippen molar-refractivity contribution in [3.05, 3.63) is 103 Å². The highest BCUT2D eigenvalue weighted by Gasteiger charge is 2.17. The van der Waals surface area contributed by atoms with Crippen molar-refractivity contribution in [2.24, 2.45) is 0 Å². The van der Waals surface area contributed by atoms with Crippen LogP contribution in [0.15, 0.2) is 102 Å². The Kier molecular flexibility index (Phi) is 3.96. The fourth-order valence-corrected chi connectivity index (χ4v) is 6.18. The van der Waals surface area contributed by atoms with Gasteiger partial charge in [0.25, 0.3) is 0 Å². The number of thiophene rings is 1. The molecule has 0 N–H and O–H groups in total. The second-order valence-corrected chi connectivity index (χ2v) is 9.48. The summed E-state index contributed by atoms with van der Waals surface area (Å²) in [7, 11) is 0. The molecule has 33 heavy (non-hydrogen) atoms. The number of hydrogen-bond acceptors (Lipinski definition) is 3. The van der Waals surface area contributed by atoms with Gasteiger partial charge in [-0.3, -0.25) is 4.98 Å². The first kappa shape index (κ1) is 18.6. The van der Waals surface area contributed by atoms with Gasteiger partial charge in [-0.1, -0.05) is 60.7 Å². The maximum Gasteiger partial charge on any atom is 0.138 e. The third-order valence-corrected chi connectivity index (χ3v) is 7.72. The first-order valence-corrected chi connectivity index (χ1v) is 11.9. The molecule has 2 nitrogen and oxygen atoms in total. The zero-order valence-electron chi connectivity index (χ0n) is 18.0. The standard InChI is InChI=1S/C30H19NOS/c1-18-21-9-4-6-12-26(21)32-29(18)20-14-15-31-25(17-20)24-16-19-8-2-3-10-22(19)28-23-11-5-7-13-27(23)33-30(24)28/h2-17H,1H3. The molecule has 7 rings (SSSR count). The molecule has 0 aliphatic heterocycles. The molecule has 0 spiro atoms. The highest BCUT2D eigenvalue weighted by Crippen LogP contribution is 2.44. The van der Waals surface area contributed by atoms with E-state index in [0.29, 0.717) is 0 Å². The highest BCUT2D eigenvalue weighted by atomic mass is 32.1. The number of hydrogen-bond donors (Lipinski definition) is 0. The van der Waals surface area contributed by atoms with Crippen LogP contribution in [0.5, 0.6) is 0 Å². The molecule has 0 unspecified atom stereocenters. The lowest BCUT2D eigenvalue weighted by Crippen LogP contribution is -1.87. The van der Waals surface area contributed by atoms with E-state index in [1.54, 1.807) is 0 Å². The third-order valence-electron chi connectivity index (χ3n) is 6.51. The summed E-state index contributed by atoms with van der Waals surface area (Å²) < 4.78 is 8.84. The zero-order valence-corrected chi connectivity index (χ0v) is 18.8. The Morgan fingerprint density at radius 3 is 2.39 bits per heavy atom. The summed E-state index contributed by atoms with van der Waals surface area (Å²) in [6.07, 6.45) is 1.89. The highest BCUT2D eigenvalue weighted by molar-refractivity contribution is 7.26. The lowest BCUT2D eigenvalue weighted by atomic mass is 9.98. The Balaban J connectivity index is 1.52. The molecule has 0 amide bonds. The number of aryl methyl sites for hydroxylation is 1. The van der Waals surface area contributed by atoms with Crippen molar-refractivity contribution in [2.75, 3.05) is 0 Å².